The highest BCUT2D eigenvalue weighted by Gasteiger charge is 2.34. The van der Waals surface area contributed by atoms with E-state index >= 15 is 0 Å². The van der Waals surface area contributed by atoms with Crippen LogP contribution in [-0.4, -0.2) is 98.6 Å². The molecule has 502 valence electrons. The van der Waals surface area contributed by atoms with E-state index in [0.29, 0.717) is 35.2 Å². The molecule has 0 fully saturated rings. The quantitative estimate of drug-likeness (QED) is 0.0472. The normalized spacial score (nSPS) is 12.4. The van der Waals surface area contributed by atoms with E-state index in [9.17, 15) is 68.3 Å². The van der Waals surface area contributed by atoms with Crippen molar-refractivity contribution in [2.24, 2.45) is 47.3 Å². The van der Waals surface area contributed by atoms with Crippen molar-refractivity contribution in [1.29, 1.82) is 0 Å². The third-order valence-electron chi connectivity index (χ3n) is 13.3. The van der Waals surface area contributed by atoms with Gasteiger partial charge in [0, 0.05) is 78.3 Å². The number of benzene rings is 3. The zero-order valence-electron chi connectivity index (χ0n) is 52.3. The molecule has 2 N–H and O–H groups in total. The number of fused-ring (bicyclic) bond motifs is 3. The molecule has 0 atom stereocenters. The first-order valence-electron chi connectivity index (χ1n) is 27.7. The second kappa shape index (κ2) is 30.1. The summed E-state index contributed by atoms with van der Waals surface area (Å²) in [6.45, 7) is 16.6. The summed E-state index contributed by atoms with van der Waals surface area (Å²) in [5.74, 6) is -0.314. The van der Waals surface area contributed by atoms with E-state index in [0.717, 1.165) is 62.2 Å². The Labute approximate surface area is 528 Å². The highest BCUT2D eigenvalue weighted by Crippen LogP contribution is 2.35. The van der Waals surface area contributed by atoms with Gasteiger partial charge in [0.1, 0.15) is 36.5 Å². The van der Waals surface area contributed by atoms with E-state index in [1.54, 1.807) is 18.5 Å². The summed E-state index contributed by atoms with van der Waals surface area (Å²) in [4.78, 5) is 85.9. The minimum Gasteiger partial charge on any atom is -0.508 e. The van der Waals surface area contributed by atoms with Gasteiger partial charge in [-0.25, -0.2) is 19.4 Å². The summed E-state index contributed by atoms with van der Waals surface area (Å²) >= 11 is 3.34. The van der Waals surface area contributed by atoms with E-state index in [1.165, 1.54) is 83.8 Å². The number of alkyl halides is 9. The summed E-state index contributed by atoms with van der Waals surface area (Å²) < 4.78 is 146. The lowest BCUT2D eigenvalue weighted by Gasteiger charge is -2.16. The number of hydrogen-bond acceptors (Lipinski definition) is 15. The van der Waals surface area contributed by atoms with Crippen LogP contribution in [0.1, 0.15) is 29.2 Å². The van der Waals surface area contributed by atoms with Gasteiger partial charge in [0.2, 0.25) is 5.90 Å². The van der Waals surface area contributed by atoms with Crippen LogP contribution in [0.2, 0.25) is 51.4 Å². The number of phenolic OH excluding ortho intramolecular Hbond substituents is 1. The molecule has 35 heteroatoms. The molecule has 9 rings (SSSR count). The first-order valence-corrected chi connectivity index (χ1v) is 35.9. The molecule has 0 amide bonds. The summed E-state index contributed by atoms with van der Waals surface area (Å²) in [5, 5.41) is 16.2. The largest absolute Gasteiger partial charge is 0.508 e. The van der Waals surface area contributed by atoms with Crippen LogP contribution in [-0.2, 0) is 90.2 Å². The first-order chi connectivity index (χ1) is 42.5. The molecule has 0 bridgehead atoms. The maximum Gasteiger partial charge on any atom is 0.416 e. The molecule has 0 saturated heterocycles. The van der Waals surface area contributed by atoms with E-state index in [1.807, 2.05) is 0 Å². The average molecular weight is 1410 g/mol. The number of hydrogen-bond donors (Lipinski definition) is 2. The molecule has 8 aromatic rings. The van der Waals surface area contributed by atoms with Gasteiger partial charge in [-0.15, -0.1) is 0 Å². The maximum atomic E-state index is 13.1. The Morgan fingerprint density at radius 2 is 0.935 bits per heavy atom. The van der Waals surface area contributed by atoms with Crippen LogP contribution in [0, 0.1) is 0 Å². The zero-order valence-corrected chi connectivity index (χ0v) is 55.8. The SMILES string of the molecule is CCO.Cn1c(=O)c2c(nc(Br)n2COCC[Si](C)(C)C)n(C)c1=O.Cn1c(=O)c2c(nc(Oc3cccc(C(F)(F)F)c3)n2COCC[Si](C)(C)C)n(C)c1=O.Cn1c2c(c(=O)n(C)c1=O)CC(Oc1cccc(C(F)(F)F)c1)=N2.Oc1cccc(C(F)(F)F)c1. The van der Waals surface area contributed by atoms with E-state index in [2.05, 4.69) is 70.2 Å². The number of halogens is 10. The van der Waals surface area contributed by atoms with Crippen molar-refractivity contribution in [2.45, 2.75) is 96.7 Å². The first kappa shape index (κ1) is 74.6. The minimum absolute atomic E-state index is 0.00632. The smallest absolute Gasteiger partial charge is 0.416 e. The molecule has 0 aliphatic carbocycles. The molecular weight excluding hydrogens is 1340 g/mol. The van der Waals surface area contributed by atoms with Crippen LogP contribution in [0.4, 0.5) is 45.3 Å². The number of imidazole rings is 2. The van der Waals surface area contributed by atoms with Crippen molar-refractivity contribution < 1.29 is 68.7 Å². The Kier molecular flexibility index (Phi) is 24.4. The van der Waals surface area contributed by atoms with Crippen molar-refractivity contribution in [3.63, 3.8) is 0 Å². The monoisotopic (exact) mass is 1410 g/mol. The van der Waals surface area contributed by atoms with Crippen LogP contribution >= 0.6 is 15.9 Å². The third kappa shape index (κ3) is 19.0. The Morgan fingerprint density at radius 1 is 0.543 bits per heavy atom. The topological polar surface area (TPSA) is 257 Å². The predicted molar refractivity (Wildman–Crippen MR) is 334 cm³/mol. The summed E-state index contributed by atoms with van der Waals surface area (Å²) in [7, 11) is 6.11. The Bertz CT molecular complexity index is 4360. The number of aliphatic imine (C=N–C) groups is 1. The van der Waals surface area contributed by atoms with Gasteiger partial charge in [0.15, 0.2) is 27.1 Å². The molecular formula is C57H69BrF9N11O12Si2. The Balaban J connectivity index is 0.000000230. The van der Waals surface area contributed by atoms with Crippen molar-refractivity contribution >= 4 is 66.1 Å². The summed E-state index contributed by atoms with van der Waals surface area (Å²) in [6.07, 6.45) is -13.4. The van der Waals surface area contributed by atoms with Crippen LogP contribution in [0.25, 0.3) is 22.3 Å². The number of aromatic nitrogens is 10. The average Bonchev–Trinajstić information content (AvgIpc) is 1.61. The molecule has 0 unspecified atom stereocenters. The molecule has 0 radical (unpaired) electrons. The molecule has 0 spiro atoms. The number of phenols is 1. The van der Waals surface area contributed by atoms with Gasteiger partial charge in [0.05, 0.1) is 28.7 Å². The highest BCUT2D eigenvalue weighted by atomic mass is 79.9. The fraction of sp³-hybridized carbons (Fsp3) is 0.421. The van der Waals surface area contributed by atoms with Gasteiger partial charge in [0.25, 0.3) is 16.7 Å². The van der Waals surface area contributed by atoms with Crippen molar-refractivity contribution in [2.75, 3.05) is 19.8 Å². The second-order valence-electron chi connectivity index (χ2n) is 22.9. The molecule has 6 heterocycles. The van der Waals surface area contributed by atoms with Gasteiger partial charge in [-0.05, 0) is 89.5 Å². The number of ether oxygens (including phenoxy) is 4. The van der Waals surface area contributed by atoms with Crippen LogP contribution in [0.15, 0.2) is 111 Å². The fourth-order valence-electron chi connectivity index (χ4n) is 8.19. The van der Waals surface area contributed by atoms with Crippen molar-refractivity contribution in [3.8, 4) is 23.3 Å². The predicted octanol–water partition coefficient (Wildman–Crippen LogP) is 9.24. The number of aryl methyl sites for hydroxylation is 2. The molecule has 1 aliphatic rings. The standard InChI is InChI=1S/C20H25F3N4O4Si.C15H12F3N3O3.C13H21BrN4O3Si.C7H5F3O.C2H6O/c1-25-16-15(17(28)26(2)19(25)29)27(12-30-9-10-32(3,4)5)18(24-16)31-14-8-6-7-13(11-14)20(21,22)23;1-20-12-10(13(22)21(2)14(20)23)7-11(19-12)24-9-5-3-4-8(6-9)15(16,17)18;1-16-10-9(11(19)17(2)13(16)20)18(12(14)15-10)8-21-6-7-22(3,4)5;8-7(9,10)5-2-1-3-6(11)4-5;1-2-3/h6-8,11H,9-10,12H2,1-5H3;3-6H,7H2,1-2H3;6-8H2,1-5H3;1-4,11H;3H,2H2,1H3. The van der Waals surface area contributed by atoms with E-state index in [-0.39, 0.29) is 83.8 Å². The number of nitrogens with zero attached hydrogens (tertiary/aromatic N) is 11. The van der Waals surface area contributed by atoms with Gasteiger partial charge < -0.3 is 29.2 Å². The zero-order chi connectivity index (χ0) is 69.3. The minimum atomic E-state index is -4.54. The Morgan fingerprint density at radius 3 is 1.37 bits per heavy atom. The number of aromatic hydroxyl groups is 1. The van der Waals surface area contributed by atoms with Gasteiger partial charge in [-0.3, -0.25) is 50.9 Å². The van der Waals surface area contributed by atoms with Crippen LogP contribution in [0.5, 0.6) is 23.3 Å². The van der Waals surface area contributed by atoms with Crippen LogP contribution < -0.4 is 43.2 Å². The van der Waals surface area contributed by atoms with Gasteiger partial charge in [-0.2, -0.15) is 49.5 Å². The van der Waals surface area contributed by atoms with Crippen molar-refractivity contribution in [1.82, 2.24) is 46.5 Å². The number of aliphatic hydroxyl groups is 1. The van der Waals surface area contributed by atoms with Gasteiger partial charge >= 0.3 is 41.6 Å². The molecule has 5 aromatic heterocycles. The lowest BCUT2D eigenvalue weighted by atomic mass is 10.2. The van der Waals surface area contributed by atoms with E-state index < -0.39 is 79.6 Å². The third-order valence-corrected chi connectivity index (χ3v) is 17.3. The molecule has 3 aromatic carbocycles. The molecule has 0 saturated carbocycles. The van der Waals surface area contributed by atoms with Crippen LogP contribution in [0.3, 0.4) is 0 Å². The van der Waals surface area contributed by atoms with E-state index in [4.69, 9.17) is 29.2 Å². The maximum absolute atomic E-state index is 13.1. The number of rotatable bonds is 13. The van der Waals surface area contributed by atoms with Crippen molar-refractivity contribution in [3.05, 3.63) is 162 Å². The second-order valence-corrected chi connectivity index (χ2v) is 34.8. The summed E-state index contributed by atoms with van der Waals surface area (Å²) in [6, 6.07) is 14.4. The molecule has 23 nitrogen and oxygen atoms in total. The summed E-state index contributed by atoms with van der Waals surface area (Å²) in [5.41, 5.74) is -4.47. The molecule has 92 heavy (non-hydrogen) atoms. The lowest BCUT2D eigenvalue weighted by molar-refractivity contribution is -0.138. The lowest BCUT2D eigenvalue weighted by Crippen LogP contribution is -2.38. The fourth-order valence-corrected chi connectivity index (χ4v) is 10.2. The molecule has 1 aliphatic heterocycles. The highest BCUT2D eigenvalue weighted by molar-refractivity contribution is 9.10. The number of aliphatic hydroxyl groups excluding tert-OH is 1. The Hall–Kier alpha value is -8.13. The van der Waals surface area contributed by atoms with Gasteiger partial charge in [-0.1, -0.05) is 57.5 Å².